The van der Waals surface area contributed by atoms with Gasteiger partial charge in [0.25, 0.3) is 0 Å². The van der Waals surface area contributed by atoms with Gasteiger partial charge in [0.1, 0.15) is 6.04 Å². The first-order valence-electron chi connectivity index (χ1n) is 4.85. The van der Waals surface area contributed by atoms with Gasteiger partial charge in [0.05, 0.1) is 28.3 Å². The van der Waals surface area contributed by atoms with Gasteiger partial charge in [0.2, 0.25) is 16.2 Å². The van der Waals surface area contributed by atoms with Gasteiger partial charge in [-0.2, -0.15) is 0 Å². The third-order valence-electron chi connectivity index (χ3n) is 2.17. The van der Waals surface area contributed by atoms with Gasteiger partial charge >= 0.3 is 0 Å². The maximum absolute atomic E-state index is 11.4. The van der Waals surface area contributed by atoms with E-state index in [1.165, 1.54) is 0 Å². The Balaban J connectivity index is 0. The third-order valence-corrected chi connectivity index (χ3v) is 2.57. The summed E-state index contributed by atoms with van der Waals surface area (Å²) in [7, 11) is 2.41. The van der Waals surface area contributed by atoms with Crippen LogP contribution in [0.4, 0.5) is 0 Å². The average molecular weight is 267 g/mol. The molecule has 0 aliphatic carbocycles. The predicted octanol–water partition coefficient (Wildman–Crippen LogP) is 0.319. The second-order valence-electron chi connectivity index (χ2n) is 4.51. The second-order valence-corrected chi connectivity index (χ2v) is 5.66. The standard InChI is InChI=1S/C9H18NO.CH4O4S/c1-7(2)9(11)8(3)10(4,5)6;1-5-6(2,3)4/h8H,1H2,2-6H3;1H3,(H,2,3,4)/q+1;/p-1. The molecule has 0 aliphatic heterocycles. The van der Waals surface area contributed by atoms with Gasteiger partial charge in [0, 0.05) is 0 Å². The van der Waals surface area contributed by atoms with Gasteiger partial charge < -0.3 is 9.04 Å². The van der Waals surface area contributed by atoms with Crippen LogP contribution in [0.5, 0.6) is 0 Å². The number of ketones is 1. The molecular weight excluding hydrogens is 246 g/mol. The lowest BCUT2D eigenvalue weighted by atomic mass is 10.1. The van der Waals surface area contributed by atoms with E-state index < -0.39 is 10.4 Å². The van der Waals surface area contributed by atoms with Crippen molar-refractivity contribution in [1.29, 1.82) is 0 Å². The zero-order chi connectivity index (χ0) is 14.4. The van der Waals surface area contributed by atoms with E-state index in [2.05, 4.69) is 10.8 Å². The molecule has 0 rings (SSSR count). The fraction of sp³-hybridized carbons (Fsp3) is 0.700. The number of Topliss-reactive ketones (excluding diaryl/α,β-unsaturated/α-hetero) is 1. The first-order valence-corrected chi connectivity index (χ1v) is 6.18. The third kappa shape index (κ3) is 10.1. The van der Waals surface area contributed by atoms with Gasteiger partial charge in [-0.3, -0.25) is 8.98 Å². The molecule has 0 radical (unpaired) electrons. The number of rotatable bonds is 4. The molecule has 0 saturated carbocycles. The molecule has 6 nitrogen and oxygen atoms in total. The Hall–Kier alpha value is -0.760. The van der Waals surface area contributed by atoms with Gasteiger partial charge in [-0.05, 0) is 19.4 Å². The number of hydrogen-bond acceptors (Lipinski definition) is 5. The molecule has 17 heavy (non-hydrogen) atoms. The fourth-order valence-corrected chi connectivity index (χ4v) is 0.708. The van der Waals surface area contributed by atoms with Gasteiger partial charge in [-0.15, -0.1) is 0 Å². The second kappa shape index (κ2) is 6.85. The highest BCUT2D eigenvalue weighted by atomic mass is 32.3. The maximum atomic E-state index is 11.4. The van der Waals surface area contributed by atoms with E-state index in [4.69, 9.17) is 0 Å². The molecule has 0 bridgehead atoms. The summed E-state index contributed by atoms with van der Waals surface area (Å²) in [5, 5.41) is 0. The minimum absolute atomic E-state index is 0.00694. The lowest BCUT2D eigenvalue weighted by molar-refractivity contribution is -0.884. The lowest BCUT2D eigenvalue weighted by Gasteiger charge is -2.30. The molecule has 1 atom stereocenters. The Labute approximate surface area is 103 Å². The molecule has 0 amide bonds. The number of carbonyl (C=O) groups is 1. The smallest absolute Gasteiger partial charge is 0.217 e. The van der Waals surface area contributed by atoms with Crippen LogP contribution >= 0.6 is 0 Å². The molecule has 0 aromatic heterocycles. The quantitative estimate of drug-likeness (QED) is 0.317. The van der Waals surface area contributed by atoms with Crippen molar-refractivity contribution in [2.75, 3.05) is 28.3 Å². The van der Waals surface area contributed by atoms with Crippen LogP contribution in [0, 0.1) is 0 Å². The van der Waals surface area contributed by atoms with Gasteiger partial charge in [-0.25, -0.2) is 8.42 Å². The molecule has 0 aliphatic rings. The van der Waals surface area contributed by atoms with Crippen molar-refractivity contribution in [2.45, 2.75) is 19.9 Å². The van der Waals surface area contributed by atoms with Crippen LogP contribution in [0.1, 0.15) is 13.8 Å². The van der Waals surface area contributed by atoms with Crippen LogP contribution in [-0.4, -0.2) is 57.5 Å². The number of likely N-dealkylation sites (N-methyl/N-ethyl adjacent to an activating group) is 1. The normalized spacial score (nSPS) is 13.4. The molecule has 1 unspecified atom stereocenters. The molecule has 102 valence electrons. The zero-order valence-corrected chi connectivity index (χ0v) is 12.0. The first kappa shape index (κ1) is 18.6. The van der Waals surface area contributed by atoms with E-state index in [-0.39, 0.29) is 11.8 Å². The number of nitrogens with zero attached hydrogens (tertiary/aromatic N) is 1. The van der Waals surface area contributed by atoms with Crippen LogP contribution in [0.3, 0.4) is 0 Å². The van der Waals surface area contributed by atoms with Crippen LogP contribution in [0.25, 0.3) is 0 Å². The van der Waals surface area contributed by atoms with Crippen LogP contribution in [-0.2, 0) is 19.4 Å². The topological polar surface area (TPSA) is 83.5 Å². The highest BCUT2D eigenvalue weighted by Crippen LogP contribution is 2.07. The molecule has 0 saturated heterocycles. The molecule has 0 aromatic rings. The Kier molecular flexibility index (Phi) is 7.50. The Morgan fingerprint density at radius 2 is 1.65 bits per heavy atom. The summed E-state index contributed by atoms with van der Waals surface area (Å²) in [6.07, 6.45) is 0. The highest BCUT2D eigenvalue weighted by molar-refractivity contribution is 7.80. The van der Waals surface area contributed by atoms with Crippen molar-refractivity contribution in [3.63, 3.8) is 0 Å². The number of quaternary nitrogens is 1. The maximum Gasteiger partial charge on any atom is 0.217 e. The molecule has 7 heteroatoms. The van der Waals surface area contributed by atoms with Gasteiger partial charge in [0.15, 0.2) is 0 Å². The summed E-state index contributed by atoms with van der Waals surface area (Å²) in [5.41, 5.74) is 0.644. The van der Waals surface area contributed by atoms with Crippen molar-refractivity contribution >= 4 is 16.2 Å². The molecule has 0 heterocycles. The molecule has 0 fully saturated rings. The van der Waals surface area contributed by atoms with E-state index >= 15 is 0 Å². The minimum Gasteiger partial charge on any atom is -0.726 e. The number of carbonyl (C=O) groups excluding carboxylic acids is 1. The summed E-state index contributed by atoms with van der Waals surface area (Å²) >= 11 is 0. The number of hydrogen-bond donors (Lipinski definition) is 0. The van der Waals surface area contributed by atoms with Crippen LogP contribution in [0.2, 0.25) is 0 Å². The van der Waals surface area contributed by atoms with Crippen LogP contribution in [0.15, 0.2) is 12.2 Å². The monoisotopic (exact) mass is 267 g/mol. The highest BCUT2D eigenvalue weighted by Gasteiger charge is 2.26. The van der Waals surface area contributed by atoms with E-state index in [0.717, 1.165) is 7.11 Å². The fourth-order valence-electron chi connectivity index (χ4n) is 0.708. The Morgan fingerprint density at radius 1 is 1.35 bits per heavy atom. The van der Waals surface area contributed by atoms with Crippen molar-refractivity contribution in [2.24, 2.45) is 0 Å². The Bertz CT molecular complexity index is 367. The zero-order valence-electron chi connectivity index (χ0n) is 11.2. The summed E-state index contributed by atoms with van der Waals surface area (Å²) in [4.78, 5) is 11.4. The molecule has 0 N–H and O–H groups in total. The van der Waals surface area contributed by atoms with E-state index in [1.54, 1.807) is 6.92 Å². The summed E-state index contributed by atoms with van der Waals surface area (Å²) < 4.78 is 31.7. The Morgan fingerprint density at radius 3 is 1.71 bits per heavy atom. The SMILES string of the molecule is C=C(C)C(=O)C(C)[N+](C)(C)C.COS(=O)(=O)[O-]. The first-order chi connectivity index (χ1) is 7.33. The molecule has 0 aromatic carbocycles. The van der Waals surface area contributed by atoms with Crippen molar-refractivity contribution in [1.82, 2.24) is 0 Å². The van der Waals surface area contributed by atoms with Crippen LogP contribution < -0.4 is 0 Å². The largest absolute Gasteiger partial charge is 0.726 e. The summed E-state index contributed by atoms with van der Waals surface area (Å²) in [5.74, 6) is 0.150. The predicted molar refractivity (Wildman–Crippen MR) is 64.0 cm³/mol. The average Bonchev–Trinajstić information content (AvgIpc) is 2.13. The van der Waals surface area contributed by atoms with E-state index in [1.807, 2.05) is 28.1 Å². The summed E-state index contributed by atoms with van der Waals surface area (Å²) in [6, 6.07) is 0.00694. The van der Waals surface area contributed by atoms with E-state index in [0.29, 0.717) is 10.1 Å². The van der Waals surface area contributed by atoms with Crippen molar-refractivity contribution in [3.8, 4) is 0 Å². The molecular formula is C10H21NO5S. The summed E-state index contributed by atoms with van der Waals surface area (Å²) in [6.45, 7) is 7.32. The van der Waals surface area contributed by atoms with Gasteiger partial charge in [-0.1, -0.05) is 6.58 Å². The van der Waals surface area contributed by atoms with Crippen molar-refractivity contribution in [3.05, 3.63) is 12.2 Å². The van der Waals surface area contributed by atoms with Crippen molar-refractivity contribution < 1.29 is 26.4 Å². The van der Waals surface area contributed by atoms with E-state index in [9.17, 15) is 17.8 Å². The lowest BCUT2D eigenvalue weighted by Crippen LogP contribution is -2.48. The minimum atomic E-state index is -4.41. The molecule has 0 spiro atoms.